The Bertz CT molecular complexity index is 1940. The smallest absolute Gasteiger partial charge is 0.325 e. The molecule has 0 spiro atoms. The summed E-state index contributed by atoms with van der Waals surface area (Å²) >= 11 is 0. The minimum absolute atomic E-state index is 0.181. The number of hydrogen-bond donors (Lipinski definition) is 1. The predicted molar refractivity (Wildman–Crippen MR) is 142 cm³/mol. The molecular weight excluding hydrogens is 523 g/mol. The molecule has 40 heavy (non-hydrogen) atoms. The highest BCUT2D eigenvalue weighted by Crippen LogP contribution is 2.30. The number of benzene rings is 2. The number of imidazole rings is 2. The van der Waals surface area contributed by atoms with Gasteiger partial charge in [0.1, 0.15) is 6.54 Å². The summed E-state index contributed by atoms with van der Waals surface area (Å²) in [7, 11) is 0. The van der Waals surface area contributed by atoms with E-state index in [0.29, 0.717) is 16.7 Å². The average Bonchev–Trinajstić information content (AvgIpc) is 3.52. The number of anilines is 1. The van der Waals surface area contributed by atoms with Gasteiger partial charge in [0.05, 0.1) is 52.7 Å². The number of carbonyl (C=O) groups excluding carboxylic acids is 1. The lowest BCUT2D eigenvalue weighted by Crippen LogP contribution is -2.29. The minimum atomic E-state index is -4.48. The third-order valence-corrected chi connectivity index (χ3v) is 6.55. The van der Waals surface area contributed by atoms with Crippen LogP contribution < -0.4 is 11.0 Å². The molecule has 0 saturated heterocycles. The Morgan fingerprint density at radius 3 is 2.48 bits per heavy atom. The van der Waals surface area contributed by atoms with E-state index in [1.165, 1.54) is 27.5 Å². The number of nitrogens with zero attached hydrogens (tertiary/aromatic N) is 6. The van der Waals surface area contributed by atoms with Gasteiger partial charge in [0.2, 0.25) is 5.91 Å². The van der Waals surface area contributed by atoms with Crippen molar-refractivity contribution in [1.82, 2.24) is 28.5 Å². The summed E-state index contributed by atoms with van der Waals surface area (Å²) in [5.41, 5.74) is 2.97. The van der Waals surface area contributed by atoms with Gasteiger partial charge < -0.3 is 9.72 Å². The number of alkyl halides is 3. The van der Waals surface area contributed by atoms with Crippen LogP contribution in [0.1, 0.15) is 11.1 Å². The van der Waals surface area contributed by atoms with E-state index in [9.17, 15) is 22.8 Å². The van der Waals surface area contributed by atoms with Crippen molar-refractivity contribution in [3.63, 3.8) is 0 Å². The predicted octanol–water partition coefficient (Wildman–Crippen LogP) is 4.86. The van der Waals surface area contributed by atoms with E-state index in [4.69, 9.17) is 0 Å². The van der Waals surface area contributed by atoms with Crippen LogP contribution in [0.25, 0.3) is 33.6 Å². The van der Waals surface area contributed by atoms with Crippen LogP contribution in [-0.2, 0) is 17.5 Å². The summed E-state index contributed by atoms with van der Waals surface area (Å²) in [5.74, 6) is -0.298. The molecular formula is C28H20F3N7O2. The molecule has 200 valence electrons. The Balaban J connectivity index is 1.34. The maximum Gasteiger partial charge on any atom is 0.416 e. The quantitative estimate of drug-likeness (QED) is 0.335. The zero-order valence-corrected chi connectivity index (χ0v) is 20.9. The number of aromatic nitrogens is 6. The van der Waals surface area contributed by atoms with Crippen molar-refractivity contribution in [3.8, 4) is 17.1 Å². The molecule has 0 aliphatic rings. The number of pyridine rings is 1. The maximum atomic E-state index is 13.6. The molecule has 9 nitrogen and oxygen atoms in total. The van der Waals surface area contributed by atoms with E-state index in [0.717, 1.165) is 28.8 Å². The first-order chi connectivity index (χ1) is 19.2. The normalized spacial score (nSPS) is 11.8. The first-order valence-corrected chi connectivity index (χ1v) is 12.1. The SMILES string of the molecule is Cc1cccc2c1n(-c1cnc(-c3cccn4cncc34)cn1)c(=O)n2CC(=O)Nc1ccc(C(F)(F)F)cc1. The highest BCUT2D eigenvalue weighted by molar-refractivity contribution is 5.92. The summed E-state index contributed by atoms with van der Waals surface area (Å²) in [6, 6.07) is 13.2. The number of carbonyl (C=O) groups is 1. The summed E-state index contributed by atoms with van der Waals surface area (Å²) in [5, 5.41) is 2.55. The average molecular weight is 544 g/mol. The van der Waals surface area contributed by atoms with Gasteiger partial charge in [0.15, 0.2) is 5.82 Å². The lowest BCUT2D eigenvalue weighted by Gasteiger charge is -2.09. The fraction of sp³-hybridized carbons (Fsp3) is 0.107. The van der Waals surface area contributed by atoms with Gasteiger partial charge in [0, 0.05) is 17.4 Å². The van der Waals surface area contributed by atoms with E-state index in [1.807, 2.05) is 35.7 Å². The number of para-hydroxylation sites is 1. The van der Waals surface area contributed by atoms with Crippen LogP contribution in [0.3, 0.4) is 0 Å². The number of nitrogens with one attached hydrogen (secondary N) is 1. The molecule has 0 aliphatic carbocycles. The Kier molecular flexibility index (Phi) is 5.94. The summed E-state index contributed by atoms with van der Waals surface area (Å²) in [6.45, 7) is 1.48. The number of aryl methyl sites for hydroxylation is 1. The van der Waals surface area contributed by atoms with E-state index in [2.05, 4.69) is 20.3 Å². The van der Waals surface area contributed by atoms with E-state index < -0.39 is 23.3 Å². The third-order valence-electron chi connectivity index (χ3n) is 6.55. The van der Waals surface area contributed by atoms with Crippen molar-refractivity contribution in [2.45, 2.75) is 19.6 Å². The van der Waals surface area contributed by atoms with Crippen LogP contribution in [0.5, 0.6) is 0 Å². The van der Waals surface area contributed by atoms with Gasteiger partial charge in [-0.05, 0) is 55.0 Å². The molecule has 6 aromatic rings. The Morgan fingerprint density at radius 1 is 0.950 bits per heavy atom. The van der Waals surface area contributed by atoms with Gasteiger partial charge in [0.25, 0.3) is 0 Å². The minimum Gasteiger partial charge on any atom is -0.325 e. The standard InChI is InChI=1S/C28H20F3N7O2/c1-17-4-2-6-22-26(17)38(24-14-33-21(12-34-24)20-5-3-11-36-16-32-13-23(20)36)27(40)37(22)15-25(39)35-19-9-7-18(8-10-19)28(29,30)31/h2-14,16H,15H2,1H3,(H,35,39). The van der Waals surface area contributed by atoms with Gasteiger partial charge in [-0.15, -0.1) is 0 Å². The molecule has 1 amide bonds. The molecule has 0 atom stereocenters. The number of halogens is 3. The second-order valence-corrected chi connectivity index (χ2v) is 9.14. The molecule has 0 unspecified atom stereocenters. The van der Waals surface area contributed by atoms with Crippen molar-refractivity contribution < 1.29 is 18.0 Å². The van der Waals surface area contributed by atoms with Crippen molar-refractivity contribution in [3.05, 3.63) is 107 Å². The second-order valence-electron chi connectivity index (χ2n) is 9.14. The van der Waals surface area contributed by atoms with Gasteiger partial charge in [-0.1, -0.05) is 12.1 Å². The van der Waals surface area contributed by atoms with Crippen molar-refractivity contribution in [1.29, 1.82) is 0 Å². The van der Waals surface area contributed by atoms with Crippen LogP contribution in [0.15, 0.2) is 90.5 Å². The highest BCUT2D eigenvalue weighted by Gasteiger charge is 2.30. The maximum absolute atomic E-state index is 13.6. The van der Waals surface area contributed by atoms with Crippen LogP contribution in [0.2, 0.25) is 0 Å². The van der Waals surface area contributed by atoms with Gasteiger partial charge >= 0.3 is 11.9 Å². The fourth-order valence-electron chi connectivity index (χ4n) is 4.67. The fourth-order valence-corrected chi connectivity index (χ4v) is 4.67. The molecule has 1 N–H and O–H groups in total. The summed E-state index contributed by atoms with van der Waals surface area (Å²) < 4.78 is 43.1. The Hall–Kier alpha value is -5.26. The Morgan fingerprint density at radius 2 is 1.75 bits per heavy atom. The highest BCUT2D eigenvalue weighted by atomic mass is 19.4. The molecule has 4 heterocycles. The van der Waals surface area contributed by atoms with Crippen LogP contribution >= 0.6 is 0 Å². The molecule has 0 saturated carbocycles. The van der Waals surface area contributed by atoms with Crippen molar-refractivity contribution >= 4 is 28.1 Å². The summed E-state index contributed by atoms with van der Waals surface area (Å²) in [4.78, 5) is 39.7. The molecule has 0 fully saturated rings. The number of hydrogen-bond acceptors (Lipinski definition) is 5. The topological polar surface area (TPSA) is 99.1 Å². The Labute approximate surface area is 224 Å². The van der Waals surface area contributed by atoms with Gasteiger partial charge in [-0.25, -0.2) is 19.3 Å². The lowest BCUT2D eigenvalue weighted by atomic mass is 10.2. The van der Waals surface area contributed by atoms with E-state index >= 15 is 0 Å². The van der Waals surface area contributed by atoms with Gasteiger partial charge in [-0.3, -0.25) is 14.3 Å². The molecule has 4 aromatic heterocycles. The zero-order chi connectivity index (χ0) is 28.0. The molecule has 0 aliphatic heterocycles. The van der Waals surface area contributed by atoms with Crippen molar-refractivity contribution in [2.75, 3.05) is 5.32 Å². The van der Waals surface area contributed by atoms with Crippen molar-refractivity contribution in [2.24, 2.45) is 0 Å². The van der Waals surface area contributed by atoms with E-state index in [-0.39, 0.29) is 18.1 Å². The largest absolute Gasteiger partial charge is 0.416 e. The first-order valence-electron chi connectivity index (χ1n) is 12.1. The summed E-state index contributed by atoms with van der Waals surface area (Å²) in [6.07, 6.45) is 3.87. The molecule has 2 aromatic carbocycles. The van der Waals surface area contributed by atoms with Crippen LogP contribution in [-0.4, -0.2) is 34.4 Å². The first kappa shape index (κ1) is 25.0. The molecule has 6 rings (SSSR count). The van der Waals surface area contributed by atoms with Crippen LogP contribution in [0, 0.1) is 6.92 Å². The second kappa shape index (κ2) is 9.49. The monoisotopic (exact) mass is 543 g/mol. The van der Waals surface area contributed by atoms with Crippen LogP contribution in [0.4, 0.5) is 18.9 Å². The molecule has 0 radical (unpaired) electrons. The molecule has 0 bridgehead atoms. The number of rotatable bonds is 5. The lowest BCUT2D eigenvalue weighted by molar-refractivity contribution is -0.137. The zero-order valence-electron chi connectivity index (χ0n) is 20.9. The van der Waals surface area contributed by atoms with E-state index in [1.54, 1.807) is 30.9 Å². The number of amides is 1. The number of fused-ring (bicyclic) bond motifs is 2. The third kappa shape index (κ3) is 4.38. The molecule has 12 heteroatoms. The van der Waals surface area contributed by atoms with Gasteiger partial charge in [-0.2, -0.15) is 13.2 Å².